The van der Waals surface area contributed by atoms with Crippen LogP contribution in [-0.2, 0) is 4.74 Å². The van der Waals surface area contributed by atoms with E-state index >= 15 is 0 Å². The molecule has 1 aliphatic heterocycles. The average molecular weight is 166 g/mol. The van der Waals surface area contributed by atoms with Gasteiger partial charge in [0.05, 0.1) is 6.34 Å². The smallest absolute Gasteiger partial charge is 0.338 e. The lowest BCUT2D eigenvalue weighted by Crippen LogP contribution is -2.33. The van der Waals surface area contributed by atoms with E-state index in [0.717, 1.165) is 4.90 Å². The summed E-state index contributed by atoms with van der Waals surface area (Å²) in [4.78, 5) is 4.52. The Balaban J connectivity index is 2.40. The Hall–Kier alpha value is -0.780. The summed E-state index contributed by atoms with van der Waals surface area (Å²) >= 11 is 0. The molecule has 3 nitrogen and oxygen atoms in total. The van der Waals surface area contributed by atoms with Crippen LogP contribution >= 0.6 is 0 Å². The molecule has 11 heavy (non-hydrogen) atoms. The van der Waals surface area contributed by atoms with Crippen LogP contribution in [0.1, 0.15) is 0 Å². The Labute approximate surface area is 61.5 Å². The number of halogens is 3. The van der Waals surface area contributed by atoms with Crippen LogP contribution in [0.5, 0.6) is 0 Å². The molecule has 0 aromatic carbocycles. The molecule has 0 aliphatic carbocycles. The molecule has 1 atom stereocenters. The summed E-state index contributed by atoms with van der Waals surface area (Å²) in [6, 6.07) is 0. The zero-order valence-corrected chi connectivity index (χ0v) is 5.59. The van der Waals surface area contributed by atoms with Crippen molar-refractivity contribution in [2.24, 2.45) is 4.99 Å². The molecule has 0 aromatic rings. The molecule has 0 amide bonds. The second kappa shape index (κ2) is 2.69. The van der Waals surface area contributed by atoms with Gasteiger partial charge in [-0.25, -0.2) is 0 Å². The maximum absolute atomic E-state index is 11.5. The first-order chi connectivity index (χ1) is 4.99. The summed E-state index contributed by atoms with van der Waals surface area (Å²) in [5.74, 6) is 0. The van der Waals surface area contributed by atoms with E-state index in [0.29, 0.717) is 0 Å². The van der Waals surface area contributed by atoms with Crippen LogP contribution in [0.4, 0.5) is 13.2 Å². The van der Waals surface area contributed by atoms with Crippen molar-refractivity contribution in [1.82, 2.24) is 4.90 Å². The van der Waals surface area contributed by atoms with Crippen LogP contribution in [0.2, 0.25) is 0 Å². The van der Waals surface area contributed by atoms with Crippen molar-refractivity contribution in [3.05, 3.63) is 6.54 Å². The molecule has 0 saturated carbocycles. The molecular weight excluding hydrogens is 161 g/mol. The van der Waals surface area contributed by atoms with E-state index in [2.05, 4.69) is 16.3 Å². The minimum atomic E-state index is -4.64. The van der Waals surface area contributed by atoms with Gasteiger partial charge in [-0.3, -0.25) is 9.73 Å². The third kappa shape index (κ3) is 2.38. The predicted octanol–water partition coefficient (Wildman–Crippen LogP) is 0.861. The van der Waals surface area contributed by atoms with Gasteiger partial charge in [-0.15, -0.1) is 13.2 Å². The Morgan fingerprint density at radius 2 is 2.27 bits per heavy atom. The largest absolute Gasteiger partial charge is 0.524 e. The summed E-state index contributed by atoms with van der Waals surface area (Å²) in [5, 5.41) is 0. The Morgan fingerprint density at radius 3 is 2.64 bits per heavy atom. The zero-order valence-electron chi connectivity index (χ0n) is 5.59. The molecular formula is C5H5F3N2O. The Kier molecular flexibility index (Phi) is 2.03. The standard InChI is InChI=1S/C5H5F3N2O/c1-10-3-9-2-4(10)11-5(6,7)8/h3-4H,1H3. The molecule has 1 heterocycles. The summed E-state index contributed by atoms with van der Waals surface area (Å²) in [5.41, 5.74) is 0. The lowest BCUT2D eigenvalue weighted by molar-refractivity contribution is -0.348. The van der Waals surface area contributed by atoms with Gasteiger partial charge in [0.2, 0.25) is 0 Å². The summed E-state index contributed by atoms with van der Waals surface area (Å²) < 4.78 is 38.2. The van der Waals surface area contributed by atoms with Crippen molar-refractivity contribution in [1.29, 1.82) is 0 Å². The first kappa shape index (κ1) is 8.32. The number of nitrogens with zero attached hydrogens (tertiary/aromatic N) is 2. The third-order valence-electron chi connectivity index (χ3n) is 1.04. The second-order valence-electron chi connectivity index (χ2n) is 1.96. The van der Waals surface area contributed by atoms with Crippen LogP contribution in [0.25, 0.3) is 0 Å². The minimum Gasteiger partial charge on any atom is -0.338 e. The first-order valence-corrected chi connectivity index (χ1v) is 2.74. The van der Waals surface area contributed by atoms with Gasteiger partial charge in [-0.05, 0) is 0 Å². The van der Waals surface area contributed by atoms with E-state index in [-0.39, 0.29) is 0 Å². The maximum Gasteiger partial charge on any atom is 0.524 e. The fraction of sp³-hybridized carbons (Fsp3) is 0.600. The number of hydrogen-bond donors (Lipinski definition) is 0. The van der Waals surface area contributed by atoms with Gasteiger partial charge in [0.1, 0.15) is 0 Å². The highest BCUT2D eigenvalue weighted by molar-refractivity contribution is 5.58. The molecule has 0 spiro atoms. The van der Waals surface area contributed by atoms with E-state index in [1.807, 2.05) is 0 Å². The van der Waals surface area contributed by atoms with Crippen LogP contribution in [-0.4, -0.2) is 30.9 Å². The van der Waals surface area contributed by atoms with Gasteiger partial charge in [0, 0.05) is 7.05 Å². The monoisotopic (exact) mass is 166 g/mol. The molecule has 0 fully saturated rings. The molecule has 0 saturated heterocycles. The highest BCUT2D eigenvalue weighted by Gasteiger charge is 2.36. The number of aliphatic imine (C=N–C) groups is 1. The van der Waals surface area contributed by atoms with Crippen molar-refractivity contribution in [3.63, 3.8) is 0 Å². The normalized spacial score (nSPS) is 24.7. The van der Waals surface area contributed by atoms with Crippen LogP contribution in [0.3, 0.4) is 0 Å². The van der Waals surface area contributed by atoms with Gasteiger partial charge in [-0.1, -0.05) is 0 Å². The Morgan fingerprint density at radius 1 is 1.64 bits per heavy atom. The van der Waals surface area contributed by atoms with Crippen LogP contribution in [0, 0.1) is 6.54 Å². The topological polar surface area (TPSA) is 24.8 Å². The molecule has 1 unspecified atom stereocenters. The third-order valence-corrected chi connectivity index (χ3v) is 1.04. The van der Waals surface area contributed by atoms with E-state index in [4.69, 9.17) is 0 Å². The number of rotatable bonds is 1. The summed E-state index contributed by atoms with van der Waals surface area (Å²) in [7, 11) is 1.42. The molecule has 0 bridgehead atoms. The average Bonchev–Trinajstić information content (AvgIpc) is 2.12. The van der Waals surface area contributed by atoms with Crippen molar-refractivity contribution >= 4 is 6.34 Å². The van der Waals surface area contributed by atoms with E-state index in [1.54, 1.807) is 0 Å². The van der Waals surface area contributed by atoms with Crippen LogP contribution < -0.4 is 0 Å². The molecule has 1 rings (SSSR count). The van der Waals surface area contributed by atoms with E-state index in [1.165, 1.54) is 13.4 Å². The van der Waals surface area contributed by atoms with Gasteiger partial charge in [-0.2, -0.15) is 0 Å². The molecule has 0 aromatic heterocycles. The summed E-state index contributed by atoms with van der Waals surface area (Å²) in [6.07, 6.45) is -4.68. The van der Waals surface area contributed by atoms with Gasteiger partial charge >= 0.3 is 6.36 Å². The Bertz CT molecular complexity index is 168. The molecule has 0 N–H and O–H groups in total. The highest BCUT2D eigenvalue weighted by Crippen LogP contribution is 2.22. The van der Waals surface area contributed by atoms with Gasteiger partial charge in [0.15, 0.2) is 12.8 Å². The molecule has 6 heteroatoms. The number of alkyl halides is 3. The number of hydrogen-bond acceptors (Lipinski definition) is 3. The van der Waals surface area contributed by atoms with Crippen molar-refractivity contribution in [2.45, 2.75) is 12.6 Å². The lowest BCUT2D eigenvalue weighted by atomic mass is 10.5. The predicted molar refractivity (Wildman–Crippen MR) is 30.4 cm³/mol. The minimum absolute atomic E-state index is 1.16. The highest BCUT2D eigenvalue weighted by atomic mass is 19.4. The quantitative estimate of drug-likeness (QED) is 0.577. The first-order valence-electron chi connectivity index (χ1n) is 2.74. The number of likely N-dealkylation sites (N-methyl/N-ethyl adjacent to an activating group) is 1. The van der Waals surface area contributed by atoms with Crippen molar-refractivity contribution < 1.29 is 17.9 Å². The van der Waals surface area contributed by atoms with E-state index < -0.39 is 12.6 Å². The molecule has 2 radical (unpaired) electrons. The second-order valence-corrected chi connectivity index (χ2v) is 1.96. The van der Waals surface area contributed by atoms with E-state index in [9.17, 15) is 13.2 Å². The van der Waals surface area contributed by atoms with Crippen molar-refractivity contribution in [3.8, 4) is 0 Å². The van der Waals surface area contributed by atoms with Gasteiger partial charge < -0.3 is 4.90 Å². The molecule has 1 aliphatic rings. The SMILES string of the molecule is CN1C=N[C]C1OC(F)(F)F. The zero-order chi connectivity index (χ0) is 8.48. The van der Waals surface area contributed by atoms with Crippen molar-refractivity contribution in [2.75, 3.05) is 7.05 Å². The number of ether oxygens (including phenoxy) is 1. The lowest BCUT2D eigenvalue weighted by Gasteiger charge is -2.19. The van der Waals surface area contributed by atoms with Gasteiger partial charge in [0.25, 0.3) is 0 Å². The molecule has 62 valence electrons. The maximum atomic E-state index is 11.5. The van der Waals surface area contributed by atoms with Crippen LogP contribution in [0.15, 0.2) is 4.99 Å². The fourth-order valence-electron chi connectivity index (χ4n) is 0.576. The summed E-state index contributed by atoms with van der Waals surface area (Å²) in [6.45, 7) is 2.12. The fourth-order valence-corrected chi connectivity index (χ4v) is 0.576.